The van der Waals surface area contributed by atoms with Crippen LogP contribution in [0.3, 0.4) is 0 Å². The maximum atomic E-state index is 12.9. The van der Waals surface area contributed by atoms with Crippen LogP contribution in [0, 0.1) is 5.41 Å². The lowest BCUT2D eigenvalue weighted by Crippen LogP contribution is -2.52. The van der Waals surface area contributed by atoms with Crippen molar-refractivity contribution in [1.82, 2.24) is 10.2 Å². The summed E-state index contributed by atoms with van der Waals surface area (Å²) in [6.45, 7) is 10.6. The topological polar surface area (TPSA) is 32.3 Å². The van der Waals surface area contributed by atoms with E-state index in [9.17, 15) is 4.79 Å². The van der Waals surface area contributed by atoms with Gasteiger partial charge in [0.25, 0.3) is 5.91 Å². The van der Waals surface area contributed by atoms with Crippen molar-refractivity contribution in [2.45, 2.75) is 51.9 Å². The summed E-state index contributed by atoms with van der Waals surface area (Å²) in [4.78, 5) is 15.0. The van der Waals surface area contributed by atoms with Crippen molar-refractivity contribution < 1.29 is 4.79 Å². The molecule has 126 valence electrons. The second kappa shape index (κ2) is 6.27. The van der Waals surface area contributed by atoms with Gasteiger partial charge in [-0.1, -0.05) is 32.9 Å². The average molecular weight is 314 g/mol. The fourth-order valence-corrected chi connectivity index (χ4v) is 4.06. The van der Waals surface area contributed by atoms with Gasteiger partial charge in [0.1, 0.15) is 0 Å². The molecular formula is C20H30N2O. The van der Waals surface area contributed by atoms with Gasteiger partial charge in [-0.2, -0.15) is 0 Å². The summed E-state index contributed by atoms with van der Waals surface area (Å²) in [5.74, 6) is 0.204. The number of nitrogens with zero attached hydrogens (tertiary/aromatic N) is 1. The average Bonchev–Trinajstić information content (AvgIpc) is 2.54. The minimum atomic E-state index is 0.129. The van der Waals surface area contributed by atoms with Gasteiger partial charge < -0.3 is 10.2 Å². The molecule has 0 bridgehead atoms. The van der Waals surface area contributed by atoms with Gasteiger partial charge in [0.15, 0.2) is 0 Å². The fraction of sp³-hybridized carbons (Fsp3) is 0.650. The van der Waals surface area contributed by atoms with Crippen LogP contribution >= 0.6 is 0 Å². The van der Waals surface area contributed by atoms with Crippen LogP contribution in [-0.2, 0) is 5.41 Å². The van der Waals surface area contributed by atoms with Crippen molar-refractivity contribution in [2.75, 3.05) is 26.2 Å². The van der Waals surface area contributed by atoms with E-state index in [-0.39, 0.29) is 11.3 Å². The van der Waals surface area contributed by atoms with Crippen LogP contribution in [0.4, 0.5) is 0 Å². The Kier molecular flexibility index (Phi) is 4.50. The molecule has 2 aliphatic rings. The Balaban J connectivity index is 1.72. The van der Waals surface area contributed by atoms with Crippen LogP contribution < -0.4 is 5.32 Å². The quantitative estimate of drug-likeness (QED) is 0.859. The summed E-state index contributed by atoms with van der Waals surface area (Å²) in [7, 11) is 0. The highest BCUT2D eigenvalue weighted by molar-refractivity contribution is 5.94. The first-order chi connectivity index (χ1) is 10.9. The number of carbonyl (C=O) groups excluding carboxylic acids is 1. The van der Waals surface area contributed by atoms with Crippen molar-refractivity contribution in [2.24, 2.45) is 5.41 Å². The smallest absolute Gasteiger partial charge is 0.253 e. The lowest BCUT2D eigenvalue weighted by Gasteiger charge is -2.45. The van der Waals surface area contributed by atoms with Gasteiger partial charge in [-0.05, 0) is 55.3 Å². The third-order valence-corrected chi connectivity index (χ3v) is 5.51. The number of amides is 1. The third kappa shape index (κ3) is 3.60. The molecule has 1 atom stereocenters. The largest absolute Gasteiger partial charge is 0.338 e. The molecule has 2 aliphatic heterocycles. The van der Waals surface area contributed by atoms with E-state index in [1.54, 1.807) is 0 Å². The molecule has 3 heteroatoms. The molecule has 0 radical (unpaired) electrons. The monoisotopic (exact) mass is 314 g/mol. The van der Waals surface area contributed by atoms with Gasteiger partial charge >= 0.3 is 0 Å². The molecule has 3 rings (SSSR count). The number of nitrogens with one attached hydrogen (secondary N) is 1. The van der Waals surface area contributed by atoms with E-state index in [1.165, 1.54) is 24.8 Å². The van der Waals surface area contributed by atoms with Gasteiger partial charge in [-0.25, -0.2) is 0 Å². The summed E-state index contributed by atoms with van der Waals surface area (Å²) in [6, 6.07) is 8.22. The molecule has 0 saturated carbocycles. The first-order valence-electron chi connectivity index (χ1n) is 9.00. The maximum absolute atomic E-state index is 12.9. The summed E-state index contributed by atoms with van der Waals surface area (Å²) in [6.07, 6.45) is 4.88. The third-order valence-electron chi connectivity index (χ3n) is 5.51. The highest BCUT2D eigenvalue weighted by Crippen LogP contribution is 2.36. The van der Waals surface area contributed by atoms with E-state index >= 15 is 0 Å². The van der Waals surface area contributed by atoms with Crippen LogP contribution in [0.15, 0.2) is 24.3 Å². The van der Waals surface area contributed by atoms with Gasteiger partial charge in [0.2, 0.25) is 0 Å². The van der Waals surface area contributed by atoms with Gasteiger partial charge in [0.05, 0.1) is 0 Å². The standard InChI is InChI=1S/C20H30N2O/c1-19(2,3)17-8-6-16(7-9-17)18(23)22-13-5-11-20(15-22)10-4-12-21-14-20/h6-9,21H,4-5,10-15H2,1-3H3. The van der Waals surface area contributed by atoms with Crippen LogP contribution in [0.5, 0.6) is 0 Å². The number of likely N-dealkylation sites (tertiary alicyclic amines) is 1. The molecule has 2 saturated heterocycles. The zero-order valence-electron chi connectivity index (χ0n) is 14.8. The van der Waals surface area contributed by atoms with E-state index in [0.717, 1.165) is 38.2 Å². The molecule has 1 spiro atoms. The maximum Gasteiger partial charge on any atom is 0.253 e. The molecule has 1 amide bonds. The molecule has 1 aromatic rings. The van der Waals surface area contributed by atoms with E-state index in [1.807, 2.05) is 12.1 Å². The van der Waals surface area contributed by atoms with Crippen LogP contribution in [0.1, 0.15) is 62.4 Å². The van der Waals surface area contributed by atoms with E-state index in [2.05, 4.69) is 43.1 Å². The lowest BCUT2D eigenvalue weighted by molar-refractivity contribution is 0.0434. The minimum Gasteiger partial charge on any atom is -0.338 e. The van der Waals surface area contributed by atoms with Crippen LogP contribution in [-0.4, -0.2) is 37.0 Å². The predicted octanol–water partition coefficient (Wildman–Crippen LogP) is 3.59. The SMILES string of the molecule is CC(C)(C)c1ccc(C(=O)N2CCCC3(CCCNC3)C2)cc1. The molecule has 1 unspecified atom stereocenters. The number of piperidine rings is 2. The summed E-state index contributed by atoms with van der Waals surface area (Å²) in [5.41, 5.74) is 2.56. The Morgan fingerprint density at radius 3 is 2.43 bits per heavy atom. The normalized spacial score (nSPS) is 25.6. The van der Waals surface area contributed by atoms with Crippen molar-refractivity contribution in [3.05, 3.63) is 35.4 Å². The first-order valence-corrected chi connectivity index (χ1v) is 9.00. The summed E-state index contributed by atoms with van der Waals surface area (Å²) in [5, 5.41) is 3.53. The second-order valence-corrected chi connectivity index (χ2v) is 8.44. The number of hydrogen-bond acceptors (Lipinski definition) is 2. The van der Waals surface area contributed by atoms with E-state index in [0.29, 0.717) is 5.41 Å². The first kappa shape index (κ1) is 16.5. The van der Waals surface area contributed by atoms with Crippen molar-refractivity contribution in [1.29, 1.82) is 0 Å². The second-order valence-electron chi connectivity index (χ2n) is 8.44. The molecular weight excluding hydrogens is 284 g/mol. The number of carbonyl (C=O) groups is 1. The Bertz CT molecular complexity index is 544. The Morgan fingerprint density at radius 2 is 1.83 bits per heavy atom. The van der Waals surface area contributed by atoms with Gasteiger partial charge in [-0.15, -0.1) is 0 Å². The molecule has 1 N–H and O–H groups in total. The zero-order chi connectivity index (χ0) is 16.5. The van der Waals surface area contributed by atoms with E-state index < -0.39 is 0 Å². The Morgan fingerprint density at radius 1 is 1.13 bits per heavy atom. The Hall–Kier alpha value is -1.35. The lowest BCUT2D eigenvalue weighted by atomic mass is 9.74. The molecule has 1 aromatic carbocycles. The Labute approximate surface area is 140 Å². The summed E-state index contributed by atoms with van der Waals surface area (Å²) >= 11 is 0. The van der Waals surface area contributed by atoms with Crippen molar-refractivity contribution in [3.63, 3.8) is 0 Å². The molecule has 2 fully saturated rings. The molecule has 2 heterocycles. The van der Waals surface area contributed by atoms with Crippen LogP contribution in [0.2, 0.25) is 0 Å². The van der Waals surface area contributed by atoms with Gasteiger partial charge in [-0.3, -0.25) is 4.79 Å². The van der Waals surface area contributed by atoms with Crippen molar-refractivity contribution in [3.8, 4) is 0 Å². The number of hydrogen-bond donors (Lipinski definition) is 1. The van der Waals surface area contributed by atoms with E-state index in [4.69, 9.17) is 0 Å². The zero-order valence-corrected chi connectivity index (χ0v) is 14.8. The number of rotatable bonds is 1. The molecule has 23 heavy (non-hydrogen) atoms. The summed E-state index contributed by atoms with van der Waals surface area (Å²) < 4.78 is 0. The predicted molar refractivity (Wildman–Crippen MR) is 94.8 cm³/mol. The minimum absolute atomic E-state index is 0.129. The van der Waals surface area contributed by atoms with Gasteiger partial charge in [0, 0.05) is 30.6 Å². The number of benzene rings is 1. The molecule has 0 aliphatic carbocycles. The fourth-order valence-electron chi connectivity index (χ4n) is 4.06. The highest BCUT2D eigenvalue weighted by Gasteiger charge is 2.38. The van der Waals surface area contributed by atoms with Crippen LogP contribution in [0.25, 0.3) is 0 Å². The molecule has 3 nitrogen and oxygen atoms in total. The highest BCUT2D eigenvalue weighted by atomic mass is 16.2. The molecule has 0 aromatic heterocycles. The van der Waals surface area contributed by atoms with Crippen molar-refractivity contribution >= 4 is 5.91 Å².